The van der Waals surface area contributed by atoms with Gasteiger partial charge in [-0.1, -0.05) is 12.1 Å². The molecule has 0 aliphatic heterocycles. The minimum Gasteiger partial charge on any atom is -0.480 e. The summed E-state index contributed by atoms with van der Waals surface area (Å²) in [7, 11) is 0. The van der Waals surface area contributed by atoms with E-state index in [1.165, 1.54) is 24.3 Å². The molecule has 4 N–H and O–H groups in total. The van der Waals surface area contributed by atoms with E-state index in [4.69, 9.17) is 5.11 Å². The molecule has 0 unspecified atom stereocenters. The minimum atomic E-state index is -1.13. The number of rotatable bonds is 5. The van der Waals surface area contributed by atoms with Gasteiger partial charge in [-0.2, -0.15) is 12.6 Å². The minimum absolute atomic E-state index is 0. The molecule has 1 atom stereocenters. The highest BCUT2D eigenvalue weighted by molar-refractivity contribution is 7.80. The topological polar surface area (TPSA) is 97.9 Å². The lowest BCUT2D eigenvalue weighted by atomic mass is 10.1. The highest BCUT2D eigenvalue weighted by Gasteiger charge is 2.17. The Morgan fingerprint density at radius 1 is 1.33 bits per heavy atom. The molecule has 1 rings (SSSR count). The summed E-state index contributed by atoms with van der Waals surface area (Å²) in [6, 6.07) is 4.44. The van der Waals surface area contributed by atoms with Crippen molar-refractivity contribution < 1.29 is 24.6 Å². The fourth-order valence-corrected chi connectivity index (χ4v) is 1.47. The molecule has 0 heterocycles. The number of halogens is 1. The SMILES string of the molecule is O.O=C(Cc1ccc(F)cc1)N[C@@H](CS)C(=O)O. The van der Waals surface area contributed by atoms with Gasteiger partial charge in [0.05, 0.1) is 6.42 Å². The van der Waals surface area contributed by atoms with E-state index in [1.54, 1.807) is 0 Å². The fraction of sp³-hybridized carbons (Fsp3) is 0.273. The molecule has 0 spiro atoms. The zero-order valence-corrected chi connectivity index (χ0v) is 10.3. The molecule has 0 aliphatic rings. The molecule has 1 aromatic carbocycles. The van der Waals surface area contributed by atoms with Gasteiger partial charge >= 0.3 is 5.97 Å². The van der Waals surface area contributed by atoms with Crippen molar-refractivity contribution in [3.8, 4) is 0 Å². The molecule has 0 fully saturated rings. The summed E-state index contributed by atoms with van der Waals surface area (Å²) in [5.74, 6) is -1.93. The second kappa shape index (κ2) is 7.67. The number of aliphatic carboxylic acids is 1. The van der Waals surface area contributed by atoms with Crippen molar-refractivity contribution in [1.82, 2.24) is 5.32 Å². The first-order valence-electron chi connectivity index (χ1n) is 4.90. The molecule has 0 saturated carbocycles. The van der Waals surface area contributed by atoms with Crippen molar-refractivity contribution in [3.05, 3.63) is 35.6 Å². The van der Waals surface area contributed by atoms with Crippen LogP contribution in [0.3, 0.4) is 0 Å². The summed E-state index contributed by atoms with van der Waals surface area (Å²) in [5, 5.41) is 11.0. The Morgan fingerprint density at radius 2 is 1.89 bits per heavy atom. The maximum absolute atomic E-state index is 12.6. The number of amides is 1. The van der Waals surface area contributed by atoms with Gasteiger partial charge in [0.15, 0.2) is 0 Å². The van der Waals surface area contributed by atoms with Crippen LogP contribution in [0.4, 0.5) is 4.39 Å². The van der Waals surface area contributed by atoms with Crippen LogP contribution in [-0.2, 0) is 16.0 Å². The summed E-state index contributed by atoms with van der Waals surface area (Å²) in [5.41, 5.74) is 0.618. The Labute approximate surface area is 109 Å². The van der Waals surface area contributed by atoms with Crippen LogP contribution < -0.4 is 5.32 Å². The van der Waals surface area contributed by atoms with E-state index in [9.17, 15) is 14.0 Å². The first kappa shape index (κ1) is 16.4. The van der Waals surface area contributed by atoms with Gasteiger partial charge in [-0.05, 0) is 17.7 Å². The van der Waals surface area contributed by atoms with Gasteiger partial charge in [-0.3, -0.25) is 4.79 Å². The van der Waals surface area contributed by atoms with E-state index in [0.29, 0.717) is 5.56 Å². The largest absolute Gasteiger partial charge is 0.480 e. The normalized spacial score (nSPS) is 11.2. The van der Waals surface area contributed by atoms with E-state index in [-0.39, 0.29) is 23.5 Å². The van der Waals surface area contributed by atoms with Crippen molar-refractivity contribution in [1.29, 1.82) is 0 Å². The number of thiol groups is 1. The van der Waals surface area contributed by atoms with E-state index in [2.05, 4.69) is 17.9 Å². The van der Waals surface area contributed by atoms with Gasteiger partial charge in [0.2, 0.25) is 5.91 Å². The van der Waals surface area contributed by atoms with E-state index >= 15 is 0 Å². The number of hydrogen-bond donors (Lipinski definition) is 3. The molecule has 18 heavy (non-hydrogen) atoms. The Balaban J connectivity index is 0.00000289. The molecule has 5 nitrogen and oxygen atoms in total. The second-order valence-corrected chi connectivity index (χ2v) is 3.81. The Morgan fingerprint density at radius 3 is 2.33 bits per heavy atom. The van der Waals surface area contributed by atoms with Crippen LogP contribution in [0.25, 0.3) is 0 Å². The van der Waals surface area contributed by atoms with Gasteiger partial charge < -0.3 is 15.9 Å². The predicted octanol–water partition coefficient (Wildman–Crippen LogP) is 0.0427. The van der Waals surface area contributed by atoms with Crippen LogP contribution in [0.5, 0.6) is 0 Å². The molecule has 100 valence electrons. The summed E-state index contributed by atoms with van der Waals surface area (Å²) in [6.07, 6.45) is 0.0117. The zero-order valence-electron chi connectivity index (χ0n) is 9.39. The van der Waals surface area contributed by atoms with Crippen LogP contribution in [0.1, 0.15) is 5.56 Å². The van der Waals surface area contributed by atoms with Gasteiger partial charge in [-0.15, -0.1) is 0 Å². The molecule has 0 saturated heterocycles. The third-order valence-electron chi connectivity index (χ3n) is 2.09. The van der Waals surface area contributed by atoms with Crippen molar-refractivity contribution in [3.63, 3.8) is 0 Å². The number of carbonyl (C=O) groups is 2. The molecule has 1 amide bonds. The van der Waals surface area contributed by atoms with Gasteiger partial charge in [0.1, 0.15) is 11.9 Å². The van der Waals surface area contributed by atoms with E-state index < -0.39 is 17.9 Å². The Bertz CT molecular complexity index is 410. The van der Waals surface area contributed by atoms with Crippen LogP contribution in [0.2, 0.25) is 0 Å². The second-order valence-electron chi connectivity index (χ2n) is 3.44. The quantitative estimate of drug-likeness (QED) is 0.662. The Kier molecular flexibility index (Phi) is 6.99. The lowest BCUT2D eigenvalue weighted by Crippen LogP contribution is -2.42. The van der Waals surface area contributed by atoms with Gasteiger partial charge in [0.25, 0.3) is 0 Å². The summed E-state index contributed by atoms with van der Waals surface area (Å²) in [6.45, 7) is 0. The van der Waals surface area contributed by atoms with Crippen molar-refractivity contribution in [2.24, 2.45) is 0 Å². The molecular weight excluding hydrogens is 261 g/mol. The molecule has 0 aliphatic carbocycles. The van der Waals surface area contributed by atoms with Crippen LogP contribution in [0.15, 0.2) is 24.3 Å². The molecule has 0 aromatic heterocycles. The first-order chi connectivity index (χ1) is 8.02. The predicted molar refractivity (Wildman–Crippen MR) is 67.1 cm³/mol. The van der Waals surface area contributed by atoms with Crippen molar-refractivity contribution >= 4 is 24.5 Å². The monoisotopic (exact) mass is 275 g/mol. The fourth-order valence-electron chi connectivity index (χ4n) is 1.22. The highest BCUT2D eigenvalue weighted by atomic mass is 32.1. The van der Waals surface area contributed by atoms with Crippen LogP contribution in [-0.4, -0.2) is 34.3 Å². The summed E-state index contributed by atoms with van der Waals surface area (Å²) in [4.78, 5) is 22.1. The summed E-state index contributed by atoms with van der Waals surface area (Å²) < 4.78 is 12.6. The van der Waals surface area contributed by atoms with Crippen molar-refractivity contribution in [2.75, 3.05) is 5.75 Å². The lowest BCUT2D eigenvalue weighted by Gasteiger charge is -2.11. The van der Waals surface area contributed by atoms with Gasteiger partial charge in [0, 0.05) is 5.75 Å². The van der Waals surface area contributed by atoms with E-state index in [1.807, 2.05) is 0 Å². The highest BCUT2D eigenvalue weighted by Crippen LogP contribution is 2.03. The summed E-state index contributed by atoms with van der Waals surface area (Å²) >= 11 is 3.82. The zero-order chi connectivity index (χ0) is 12.8. The van der Waals surface area contributed by atoms with Crippen molar-refractivity contribution in [2.45, 2.75) is 12.5 Å². The molecule has 7 heteroatoms. The average molecular weight is 275 g/mol. The Hall–Kier alpha value is -1.60. The number of carbonyl (C=O) groups excluding carboxylic acids is 1. The molecule has 1 aromatic rings. The number of benzene rings is 1. The molecule has 0 radical (unpaired) electrons. The number of carboxylic acid groups (broad SMARTS) is 1. The molecular formula is C11H14FNO4S. The van der Waals surface area contributed by atoms with E-state index in [0.717, 1.165) is 0 Å². The first-order valence-corrected chi connectivity index (χ1v) is 5.53. The number of carboxylic acids is 1. The molecule has 0 bridgehead atoms. The van der Waals surface area contributed by atoms with Crippen LogP contribution >= 0.6 is 12.6 Å². The van der Waals surface area contributed by atoms with Gasteiger partial charge in [-0.25, -0.2) is 9.18 Å². The number of nitrogens with one attached hydrogen (secondary N) is 1. The maximum atomic E-state index is 12.6. The number of hydrogen-bond acceptors (Lipinski definition) is 3. The van der Waals surface area contributed by atoms with Crippen LogP contribution in [0, 0.1) is 5.82 Å². The third-order valence-corrected chi connectivity index (χ3v) is 2.46. The standard InChI is InChI=1S/C11H12FNO3S.H2O/c12-8-3-1-7(2-4-8)5-10(14)13-9(6-17)11(15)16;/h1-4,9,17H,5-6H2,(H,13,14)(H,15,16);1H2/t9-;/m0./s1. The smallest absolute Gasteiger partial charge is 0.327 e. The third kappa shape index (κ3) is 5.15. The lowest BCUT2D eigenvalue weighted by molar-refractivity contribution is -0.141. The average Bonchev–Trinajstić information content (AvgIpc) is 2.28. The maximum Gasteiger partial charge on any atom is 0.327 e.